The highest BCUT2D eigenvalue weighted by Gasteiger charge is 2.18. The fourth-order valence-corrected chi connectivity index (χ4v) is 4.60. The zero-order valence-electron chi connectivity index (χ0n) is 20.3. The van der Waals surface area contributed by atoms with Crippen LogP contribution in [0.15, 0.2) is 81.5 Å². The van der Waals surface area contributed by atoms with E-state index in [-0.39, 0.29) is 11.7 Å². The Kier molecular flexibility index (Phi) is 8.81. The normalized spacial score (nSPS) is 10.9. The van der Waals surface area contributed by atoms with Gasteiger partial charge in [-0.2, -0.15) is 5.10 Å². The van der Waals surface area contributed by atoms with E-state index in [1.54, 1.807) is 21.3 Å². The van der Waals surface area contributed by atoms with Gasteiger partial charge in [0.2, 0.25) is 0 Å². The number of para-hydroxylation sites is 1. The summed E-state index contributed by atoms with van der Waals surface area (Å²) in [7, 11) is 4.75. The van der Waals surface area contributed by atoms with Crippen LogP contribution >= 0.6 is 27.7 Å². The number of rotatable bonds is 10. The molecule has 1 amide bonds. The highest BCUT2D eigenvalue weighted by molar-refractivity contribution is 9.10. The molecule has 11 heteroatoms. The number of hydrazone groups is 1. The van der Waals surface area contributed by atoms with Crippen molar-refractivity contribution in [2.45, 2.75) is 5.16 Å². The van der Waals surface area contributed by atoms with Gasteiger partial charge in [-0.3, -0.25) is 9.36 Å². The van der Waals surface area contributed by atoms with Crippen LogP contribution in [-0.2, 0) is 4.79 Å². The van der Waals surface area contributed by atoms with E-state index in [4.69, 9.17) is 14.2 Å². The van der Waals surface area contributed by atoms with E-state index >= 15 is 0 Å². The third-order valence-corrected chi connectivity index (χ3v) is 6.63. The third kappa shape index (κ3) is 6.30. The maximum atomic E-state index is 12.5. The Morgan fingerprint density at radius 1 is 0.973 bits per heavy atom. The molecule has 1 heterocycles. The Hall–Kier alpha value is -3.83. The van der Waals surface area contributed by atoms with Crippen molar-refractivity contribution in [2.24, 2.45) is 5.10 Å². The van der Waals surface area contributed by atoms with E-state index in [0.717, 1.165) is 21.3 Å². The predicted molar refractivity (Wildman–Crippen MR) is 147 cm³/mol. The van der Waals surface area contributed by atoms with Crippen molar-refractivity contribution >= 4 is 39.8 Å². The topological polar surface area (TPSA) is 99.9 Å². The molecule has 1 N–H and O–H groups in total. The monoisotopic (exact) mass is 581 g/mol. The molecule has 0 atom stereocenters. The number of hydrogen-bond acceptors (Lipinski definition) is 8. The number of ether oxygens (including phenoxy) is 3. The quantitative estimate of drug-likeness (QED) is 0.160. The summed E-state index contributed by atoms with van der Waals surface area (Å²) in [6, 6.07) is 20.8. The fraction of sp³-hybridized carbons (Fsp3) is 0.154. The minimum absolute atomic E-state index is 0.0872. The number of benzene rings is 3. The SMILES string of the molecule is COc1ccc(Br)cc1/C=N/NC(=O)CSc1nnc(-c2ccc(OC)c(OC)c2)n1-c1ccccc1. The number of hydrogen-bond donors (Lipinski definition) is 1. The molecular weight excluding hydrogens is 558 g/mol. The number of methoxy groups -OCH3 is 3. The second-order valence-corrected chi connectivity index (χ2v) is 9.37. The lowest BCUT2D eigenvalue weighted by Gasteiger charge is -2.12. The van der Waals surface area contributed by atoms with Gasteiger partial charge in [-0.15, -0.1) is 10.2 Å². The number of carbonyl (C=O) groups is 1. The van der Waals surface area contributed by atoms with Crippen LogP contribution in [0.3, 0.4) is 0 Å². The average molecular weight is 582 g/mol. The fourth-order valence-electron chi connectivity index (χ4n) is 3.48. The Morgan fingerprint density at radius 2 is 1.70 bits per heavy atom. The molecule has 9 nitrogen and oxygen atoms in total. The van der Waals surface area contributed by atoms with Gasteiger partial charge in [0.1, 0.15) is 5.75 Å². The van der Waals surface area contributed by atoms with Gasteiger partial charge in [0, 0.05) is 21.3 Å². The van der Waals surface area contributed by atoms with Gasteiger partial charge < -0.3 is 14.2 Å². The molecule has 190 valence electrons. The van der Waals surface area contributed by atoms with Crippen LogP contribution in [0.25, 0.3) is 17.1 Å². The molecule has 0 fully saturated rings. The van der Waals surface area contributed by atoms with Crippen molar-refractivity contribution in [1.82, 2.24) is 20.2 Å². The lowest BCUT2D eigenvalue weighted by atomic mass is 10.2. The van der Waals surface area contributed by atoms with Gasteiger partial charge in [-0.25, -0.2) is 5.43 Å². The van der Waals surface area contributed by atoms with Crippen molar-refractivity contribution in [3.8, 4) is 34.3 Å². The molecule has 0 saturated carbocycles. The summed E-state index contributed by atoms with van der Waals surface area (Å²) in [6.45, 7) is 0. The number of carbonyl (C=O) groups excluding carboxylic acids is 1. The average Bonchev–Trinajstić information content (AvgIpc) is 3.36. The largest absolute Gasteiger partial charge is 0.496 e. The molecule has 4 rings (SSSR count). The van der Waals surface area contributed by atoms with Gasteiger partial charge >= 0.3 is 0 Å². The number of halogens is 1. The van der Waals surface area contributed by atoms with Crippen LogP contribution in [0.1, 0.15) is 5.56 Å². The molecule has 0 aliphatic heterocycles. The van der Waals surface area contributed by atoms with Crippen molar-refractivity contribution in [3.05, 3.63) is 76.8 Å². The lowest BCUT2D eigenvalue weighted by molar-refractivity contribution is -0.118. The first kappa shape index (κ1) is 26.2. The second-order valence-electron chi connectivity index (χ2n) is 7.52. The molecule has 0 unspecified atom stereocenters. The van der Waals surface area contributed by atoms with E-state index in [2.05, 4.69) is 36.7 Å². The van der Waals surface area contributed by atoms with Crippen LogP contribution in [-0.4, -0.2) is 54.0 Å². The molecule has 0 aliphatic rings. The van der Waals surface area contributed by atoms with E-state index < -0.39 is 0 Å². The molecule has 0 aliphatic carbocycles. The van der Waals surface area contributed by atoms with Crippen LogP contribution in [0, 0.1) is 0 Å². The first-order chi connectivity index (χ1) is 18.0. The van der Waals surface area contributed by atoms with E-state index in [9.17, 15) is 4.79 Å². The minimum atomic E-state index is -0.287. The Morgan fingerprint density at radius 3 is 2.43 bits per heavy atom. The number of aromatic nitrogens is 3. The summed E-state index contributed by atoms with van der Waals surface area (Å²) in [4.78, 5) is 12.5. The molecule has 0 saturated heterocycles. The van der Waals surface area contributed by atoms with Crippen molar-refractivity contribution in [1.29, 1.82) is 0 Å². The van der Waals surface area contributed by atoms with Gasteiger partial charge in [0.25, 0.3) is 5.91 Å². The maximum Gasteiger partial charge on any atom is 0.250 e. The van der Waals surface area contributed by atoms with Gasteiger partial charge in [-0.05, 0) is 48.5 Å². The van der Waals surface area contributed by atoms with Crippen molar-refractivity contribution in [3.63, 3.8) is 0 Å². The highest BCUT2D eigenvalue weighted by atomic mass is 79.9. The molecule has 0 spiro atoms. The van der Waals surface area contributed by atoms with Gasteiger partial charge in [0.05, 0.1) is 33.3 Å². The summed E-state index contributed by atoms with van der Waals surface area (Å²) in [5.41, 5.74) is 4.93. The number of thioether (sulfide) groups is 1. The zero-order chi connectivity index (χ0) is 26.2. The Labute approximate surface area is 227 Å². The second kappa shape index (κ2) is 12.4. The van der Waals surface area contributed by atoms with Crippen LogP contribution in [0.4, 0.5) is 0 Å². The zero-order valence-corrected chi connectivity index (χ0v) is 22.7. The molecule has 3 aromatic carbocycles. The summed E-state index contributed by atoms with van der Waals surface area (Å²) >= 11 is 4.68. The number of nitrogens with one attached hydrogen (secondary N) is 1. The van der Waals surface area contributed by atoms with Crippen LogP contribution in [0.5, 0.6) is 17.2 Å². The molecule has 37 heavy (non-hydrogen) atoms. The maximum absolute atomic E-state index is 12.5. The lowest BCUT2D eigenvalue weighted by Crippen LogP contribution is -2.20. The van der Waals surface area contributed by atoms with Crippen LogP contribution < -0.4 is 19.6 Å². The molecule has 0 radical (unpaired) electrons. The number of nitrogens with zero attached hydrogens (tertiary/aromatic N) is 4. The van der Waals surface area contributed by atoms with E-state index in [0.29, 0.717) is 28.2 Å². The Balaban J connectivity index is 1.54. The summed E-state index contributed by atoms with van der Waals surface area (Å²) in [6.07, 6.45) is 1.54. The minimum Gasteiger partial charge on any atom is -0.496 e. The standard InChI is InChI=1S/C26H24BrN5O4S/c1-34-21-12-10-19(27)13-18(21)15-28-29-24(33)16-37-26-31-30-25(32(26)20-7-5-4-6-8-20)17-9-11-22(35-2)23(14-17)36-3/h4-15H,16H2,1-3H3,(H,29,33)/b28-15+. The van der Waals surface area contributed by atoms with E-state index in [1.807, 2.05) is 71.3 Å². The third-order valence-electron chi connectivity index (χ3n) is 5.21. The molecular formula is C26H24BrN5O4S. The first-order valence-electron chi connectivity index (χ1n) is 11.1. The smallest absolute Gasteiger partial charge is 0.250 e. The summed E-state index contributed by atoms with van der Waals surface area (Å²) in [5.74, 6) is 2.25. The first-order valence-corrected chi connectivity index (χ1v) is 12.8. The van der Waals surface area contributed by atoms with Crippen molar-refractivity contribution in [2.75, 3.05) is 27.1 Å². The van der Waals surface area contributed by atoms with E-state index in [1.165, 1.54) is 18.0 Å². The summed E-state index contributed by atoms with van der Waals surface area (Å²) < 4.78 is 18.9. The molecule has 1 aromatic heterocycles. The Bertz CT molecular complexity index is 1410. The molecule has 0 bridgehead atoms. The predicted octanol–water partition coefficient (Wildman–Crippen LogP) is 4.97. The van der Waals surface area contributed by atoms with Gasteiger partial charge in [0.15, 0.2) is 22.5 Å². The van der Waals surface area contributed by atoms with Gasteiger partial charge in [-0.1, -0.05) is 45.9 Å². The highest BCUT2D eigenvalue weighted by Crippen LogP contribution is 2.34. The van der Waals surface area contributed by atoms with Crippen LogP contribution in [0.2, 0.25) is 0 Å². The molecule has 4 aromatic rings. The number of amides is 1. The van der Waals surface area contributed by atoms with Crippen molar-refractivity contribution < 1.29 is 19.0 Å². The summed E-state index contributed by atoms with van der Waals surface area (Å²) in [5, 5.41) is 13.4.